The predicted octanol–water partition coefficient (Wildman–Crippen LogP) is 1.71. The number of H-pyrrole nitrogens is 1. The number of imidazole rings is 1. The van der Waals surface area contributed by atoms with E-state index in [1.807, 2.05) is 6.92 Å². The lowest BCUT2D eigenvalue weighted by atomic mass is 10.2. The van der Waals surface area contributed by atoms with Crippen LogP contribution in [0.2, 0.25) is 0 Å². The van der Waals surface area contributed by atoms with E-state index in [-0.39, 0.29) is 5.91 Å². The van der Waals surface area contributed by atoms with Crippen LogP contribution in [0.15, 0.2) is 23.0 Å². The molecule has 1 amide bonds. The molecule has 3 heterocycles. The summed E-state index contributed by atoms with van der Waals surface area (Å²) in [6.45, 7) is 3.40. The molecule has 0 unspecified atom stereocenters. The van der Waals surface area contributed by atoms with Crippen LogP contribution in [0.25, 0.3) is 11.1 Å². The highest BCUT2D eigenvalue weighted by Crippen LogP contribution is 2.19. The number of aromatic nitrogens is 4. The molecule has 0 aliphatic carbocycles. The van der Waals surface area contributed by atoms with E-state index in [4.69, 9.17) is 14.0 Å². The summed E-state index contributed by atoms with van der Waals surface area (Å²) in [5.74, 6) is 0.389. The summed E-state index contributed by atoms with van der Waals surface area (Å²) < 4.78 is 15.3. The van der Waals surface area contributed by atoms with Crippen molar-refractivity contribution in [2.75, 3.05) is 32.2 Å². The third-order valence-corrected chi connectivity index (χ3v) is 3.56. The quantitative estimate of drug-likeness (QED) is 0.597. The Bertz CT molecular complexity index is 857. The van der Waals surface area contributed by atoms with E-state index in [0.29, 0.717) is 49.2 Å². The van der Waals surface area contributed by atoms with Crippen molar-refractivity contribution in [3.63, 3.8) is 0 Å². The number of amides is 1. The topological polar surface area (TPSA) is 115 Å². The van der Waals surface area contributed by atoms with E-state index in [9.17, 15) is 4.79 Å². The highest BCUT2D eigenvalue weighted by Gasteiger charge is 2.12. The minimum atomic E-state index is -0.297. The van der Waals surface area contributed by atoms with Crippen molar-refractivity contribution < 1.29 is 18.8 Å². The molecule has 0 spiro atoms. The first-order valence-electron chi connectivity index (χ1n) is 7.81. The maximum Gasteiger partial charge on any atom is 0.273 e. The molecular formula is C16H19N5O4. The fourth-order valence-electron chi connectivity index (χ4n) is 2.23. The smallest absolute Gasteiger partial charge is 0.273 e. The number of aromatic amines is 1. The van der Waals surface area contributed by atoms with E-state index < -0.39 is 0 Å². The fraction of sp³-hybridized carbons (Fsp3) is 0.375. The zero-order valence-corrected chi connectivity index (χ0v) is 14.0. The Kier molecular flexibility index (Phi) is 5.36. The van der Waals surface area contributed by atoms with Crippen LogP contribution in [0, 0.1) is 6.92 Å². The molecule has 132 valence electrons. The van der Waals surface area contributed by atoms with Gasteiger partial charge in [-0.25, -0.2) is 9.97 Å². The third-order valence-electron chi connectivity index (χ3n) is 3.56. The standard InChI is InChI=1S/C16H19N5O4/c1-10-12-7-11(8-18-16(12)25-21-10)19-15(22)13-9-17-14(20-13)3-4-24-6-5-23-2/h7-9H,3-6H2,1-2H3,(H,17,20)(H,19,22). The fourth-order valence-corrected chi connectivity index (χ4v) is 2.23. The predicted molar refractivity (Wildman–Crippen MR) is 89.5 cm³/mol. The third kappa shape index (κ3) is 4.20. The first-order chi connectivity index (χ1) is 12.2. The molecule has 9 nitrogen and oxygen atoms in total. The maximum absolute atomic E-state index is 12.3. The molecule has 0 fully saturated rings. The second kappa shape index (κ2) is 7.86. The van der Waals surface area contributed by atoms with Crippen molar-refractivity contribution >= 4 is 22.7 Å². The van der Waals surface area contributed by atoms with Gasteiger partial charge in [0.2, 0.25) is 0 Å². The first kappa shape index (κ1) is 17.1. The zero-order chi connectivity index (χ0) is 17.6. The Morgan fingerprint density at radius 2 is 2.16 bits per heavy atom. The summed E-state index contributed by atoms with van der Waals surface area (Å²) in [4.78, 5) is 23.6. The van der Waals surface area contributed by atoms with Crippen molar-refractivity contribution in [1.29, 1.82) is 0 Å². The lowest BCUT2D eigenvalue weighted by Crippen LogP contribution is -2.12. The number of ether oxygens (including phenoxy) is 2. The minimum absolute atomic E-state index is 0.297. The average Bonchev–Trinajstić information content (AvgIpc) is 3.22. The van der Waals surface area contributed by atoms with Crippen LogP contribution < -0.4 is 5.32 Å². The Labute approximate surface area is 143 Å². The molecule has 0 aliphatic heterocycles. The molecule has 2 N–H and O–H groups in total. The summed E-state index contributed by atoms with van der Waals surface area (Å²) in [6, 6.07) is 1.77. The Morgan fingerprint density at radius 3 is 3.00 bits per heavy atom. The van der Waals surface area contributed by atoms with Crippen molar-refractivity contribution in [3.8, 4) is 0 Å². The van der Waals surface area contributed by atoms with Crippen LogP contribution in [0.4, 0.5) is 5.69 Å². The van der Waals surface area contributed by atoms with Gasteiger partial charge in [0.15, 0.2) is 0 Å². The van der Waals surface area contributed by atoms with Gasteiger partial charge < -0.3 is 24.3 Å². The van der Waals surface area contributed by atoms with Gasteiger partial charge in [0, 0.05) is 13.5 Å². The molecule has 0 radical (unpaired) electrons. The summed E-state index contributed by atoms with van der Waals surface area (Å²) in [6.07, 6.45) is 3.60. The SMILES string of the molecule is COCCOCCc1ncc(C(=O)Nc2cnc3onc(C)c3c2)[nH]1. The number of pyridine rings is 1. The van der Waals surface area contributed by atoms with Crippen LogP contribution in [0.1, 0.15) is 22.0 Å². The van der Waals surface area contributed by atoms with Gasteiger partial charge in [-0.3, -0.25) is 4.79 Å². The van der Waals surface area contributed by atoms with Crippen LogP contribution in [0.5, 0.6) is 0 Å². The normalized spacial score (nSPS) is 11.1. The number of rotatable bonds is 8. The van der Waals surface area contributed by atoms with Gasteiger partial charge in [0.25, 0.3) is 11.6 Å². The monoisotopic (exact) mass is 345 g/mol. The summed E-state index contributed by atoms with van der Waals surface area (Å²) in [7, 11) is 1.62. The molecule has 25 heavy (non-hydrogen) atoms. The average molecular weight is 345 g/mol. The van der Waals surface area contributed by atoms with Crippen LogP contribution in [0.3, 0.4) is 0 Å². The van der Waals surface area contributed by atoms with E-state index in [1.165, 1.54) is 12.4 Å². The number of hydrogen-bond acceptors (Lipinski definition) is 7. The molecule has 0 saturated carbocycles. The van der Waals surface area contributed by atoms with Crippen LogP contribution >= 0.6 is 0 Å². The molecule has 9 heteroatoms. The lowest BCUT2D eigenvalue weighted by Gasteiger charge is -2.03. The van der Waals surface area contributed by atoms with Crippen LogP contribution in [-0.2, 0) is 15.9 Å². The van der Waals surface area contributed by atoms with Gasteiger partial charge in [-0.2, -0.15) is 0 Å². The molecule has 0 bridgehead atoms. The summed E-state index contributed by atoms with van der Waals surface area (Å²) in [5.41, 5.74) is 2.08. The number of hydrogen-bond donors (Lipinski definition) is 2. The Balaban J connectivity index is 1.58. The number of carbonyl (C=O) groups excluding carboxylic acids is 1. The molecule has 3 rings (SSSR count). The van der Waals surface area contributed by atoms with Gasteiger partial charge in [-0.15, -0.1) is 0 Å². The van der Waals surface area contributed by atoms with Gasteiger partial charge in [-0.1, -0.05) is 5.16 Å². The number of carbonyl (C=O) groups is 1. The van der Waals surface area contributed by atoms with Gasteiger partial charge in [-0.05, 0) is 13.0 Å². The zero-order valence-electron chi connectivity index (χ0n) is 14.0. The number of nitrogens with zero attached hydrogens (tertiary/aromatic N) is 3. The van der Waals surface area contributed by atoms with Crippen molar-refractivity contribution in [3.05, 3.63) is 35.7 Å². The molecule has 3 aromatic heterocycles. The largest absolute Gasteiger partial charge is 0.382 e. The molecule has 0 aromatic carbocycles. The number of fused-ring (bicyclic) bond motifs is 1. The second-order valence-electron chi connectivity index (χ2n) is 5.40. The molecule has 0 saturated heterocycles. The second-order valence-corrected chi connectivity index (χ2v) is 5.40. The van der Waals surface area contributed by atoms with Crippen molar-refractivity contribution in [2.24, 2.45) is 0 Å². The molecule has 3 aromatic rings. The highest BCUT2D eigenvalue weighted by molar-refractivity contribution is 6.03. The number of anilines is 1. The number of nitrogens with one attached hydrogen (secondary N) is 2. The maximum atomic E-state index is 12.3. The van der Waals surface area contributed by atoms with Crippen LogP contribution in [-0.4, -0.2) is 52.9 Å². The summed E-state index contributed by atoms with van der Waals surface area (Å²) >= 11 is 0. The highest BCUT2D eigenvalue weighted by atomic mass is 16.5. The van der Waals surface area contributed by atoms with Gasteiger partial charge in [0.1, 0.15) is 11.5 Å². The Hall–Kier alpha value is -2.78. The lowest BCUT2D eigenvalue weighted by molar-refractivity contribution is 0.0717. The molecule has 0 aliphatic rings. The first-order valence-corrected chi connectivity index (χ1v) is 7.81. The summed E-state index contributed by atoms with van der Waals surface area (Å²) in [5, 5.41) is 7.37. The van der Waals surface area contributed by atoms with E-state index in [0.717, 1.165) is 11.1 Å². The van der Waals surface area contributed by atoms with Crippen molar-refractivity contribution in [2.45, 2.75) is 13.3 Å². The minimum Gasteiger partial charge on any atom is -0.382 e. The van der Waals surface area contributed by atoms with Gasteiger partial charge in [0.05, 0.1) is 49.0 Å². The number of methoxy groups -OCH3 is 1. The van der Waals surface area contributed by atoms with E-state index in [2.05, 4.69) is 25.4 Å². The molecule has 0 atom stereocenters. The van der Waals surface area contributed by atoms with Crippen molar-refractivity contribution in [1.82, 2.24) is 20.1 Å². The van der Waals surface area contributed by atoms with E-state index in [1.54, 1.807) is 13.2 Å². The number of aryl methyl sites for hydroxylation is 1. The van der Waals surface area contributed by atoms with E-state index >= 15 is 0 Å². The van der Waals surface area contributed by atoms with Gasteiger partial charge >= 0.3 is 0 Å². The Morgan fingerprint density at radius 1 is 1.28 bits per heavy atom. The molecular weight excluding hydrogens is 326 g/mol.